The quantitative estimate of drug-likeness (QED) is 0.722. The van der Waals surface area contributed by atoms with E-state index in [1.165, 1.54) is 4.57 Å². The van der Waals surface area contributed by atoms with E-state index in [1.807, 2.05) is 26.8 Å². The molecule has 1 aliphatic rings. The smallest absolute Gasteiger partial charge is 0.420 e. The van der Waals surface area contributed by atoms with Gasteiger partial charge in [-0.2, -0.15) is 5.26 Å². The van der Waals surface area contributed by atoms with Crippen LogP contribution in [-0.2, 0) is 4.74 Å². The molecule has 3 aromatic rings. The third kappa shape index (κ3) is 3.17. The highest BCUT2D eigenvalue weighted by Crippen LogP contribution is 2.34. The third-order valence-corrected chi connectivity index (χ3v) is 5.01. The van der Waals surface area contributed by atoms with Crippen molar-refractivity contribution in [3.63, 3.8) is 0 Å². The lowest BCUT2D eigenvalue weighted by molar-refractivity contribution is 0.0543. The van der Waals surface area contributed by atoms with Crippen molar-refractivity contribution >= 4 is 34.0 Å². The number of imidazole rings is 1. The number of fused-ring (bicyclic) bond motifs is 3. The number of carbonyl (C=O) groups excluding carboxylic acids is 1. The second kappa shape index (κ2) is 6.82. The molecule has 1 atom stereocenters. The standard InChI is InChI=1S/C20H24N6O2/c1-20(2,3)28-19(27)26-11-8-14-15-16(23-12-22-15)18(24-17(14)26)25-10-5-4-6-13(25)7-9-21/h8,11-13H,4-7,10H2,1-3H3,(H,22,23). The average molecular weight is 380 g/mol. The molecule has 0 saturated carbocycles. The monoisotopic (exact) mass is 380 g/mol. The van der Waals surface area contributed by atoms with Gasteiger partial charge in [0.05, 0.1) is 24.3 Å². The van der Waals surface area contributed by atoms with E-state index in [0.29, 0.717) is 17.9 Å². The number of anilines is 1. The first-order valence-electron chi connectivity index (χ1n) is 9.60. The maximum Gasteiger partial charge on any atom is 0.420 e. The molecule has 1 N–H and O–H groups in total. The van der Waals surface area contributed by atoms with Crippen LogP contribution in [0.3, 0.4) is 0 Å². The molecule has 0 aromatic carbocycles. The summed E-state index contributed by atoms with van der Waals surface area (Å²) >= 11 is 0. The van der Waals surface area contributed by atoms with E-state index in [4.69, 9.17) is 9.72 Å². The first-order valence-corrected chi connectivity index (χ1v) is 9.60. The molecule has 1 aliphatic heterocycles. The van der Waals surface area contributed by atoms with Crippen LogP contribution in [-0.4, -0.2) is 43.8 Å². The van der Waals surface area contributed by atoms with Crippen molar-refractivity contribution in [2.75, 3.05) is 11.4 Å². The minimum atomic E-state index is -0.598. The fourth-order valence-electron chi connectivity index (χ4n) is 3.81. The zero-order chi connectivity index (χ0) is 19.9. The summed E-state index contributed by atoms with van der Waals surface area (Å²) in [5, 5.41) is 10.1. The molecule has 1 unspecified atom stereocenters. The van der Waals surface area contributed by atoms with Gasteiger partial charge in [0.1, 0.15) is 11.1 Å². The molecule has 0 spiro atoms. The molecule has 4 heterocycles. The van der Waals surface area contributed by atoms with E-state index < -0.39 is 11.7 Å². The van der Waals surface area contributed by atoms with E-state index in [-0.39, 0.29) is 6.04 Å². The number of nitriles is 1. The van der Waals surface area contributed by atoms with Crippen LogP contribution in [0.4, 0.5) is 10.6 Å². The Morgan fingerprint density at radius 1 is 1.43 bits per heavy atom. The summed E-state index contributed by atoms with van der Waals surface area (Å²) in [5.41, 5.74) is 1.53. The van der Waals surface area contributed by atoms with Gasteiger partial charge in [-0.05, 0) is 46.1 Å². The number of nitrogens with zero attached hydrogens (tertiary/aromatic N) is 5. The lowest BCUT2D eigenvalue weighted by Gasteiger charge is -2.35. The van der Waals surface area contributed by atoms with Crippen molar-refractivity contribution in [2.24, 2.45) is 0 Å². The number of aromatic amines is 1. The number of carbonyl (C=O) groups is 1. The number of ether oxygens (including phenoxy) is 1. The number of hydrogen-bond acceptors (Lipinski definition) is 6. The molecule has 1 fully saturated rings. The van der Waals surface area contributed by atoms with Crippen molar-refractivity contribution in [3.05, 3.63) is 18.6 Å². The van der Waals surface area contributed by atoms with Gasteiger partial charge in [0, 0.05) is 24.2 Å². The summed E-state index contributed by atoms with van der Waals surface area (Å²) in [7, 11) is 0. The van der Waals surface area contributed by atoms with E-state index >= 15 is 0 Å². The van der Waals surface area contributed by atoms with Crippen LogP contribution >= 0.6 is 0 Å². The lowest BCUT2D eigenvalue weighted by Crippen LogP contribution is -2.40. The predicted molar refractivity (Wildman–Crippen MR) is 106 cm³/mol. The minimum Gasteiger partial charge on any atom is -0.443 e. The van der Waals surface area contributed by atoms with Crippen molar-refractivity contribution in [1.82, 2.24) is 19.5 Å². The van der Waals surface area contributed by atoms with Crippen LogP contribution in [0.2, 0.25) is 0 Å². The lowest BCUT2D eigenvalue weighted by atomic mass is 9.99. The molecule has 0 bridgehead atoms. The number of rotatable bonds is 2. The highest BCUT2D eigenvalue weighted by molar-refractivity contribution is 6.07. The van der Waals surface area contributed by atoms with E-state index in [0.717, 1.165) is 42.2 Å². The third-order valence-electron chi connectivity index (χ3n) is 5.01. The molecule has 1 saturated heterocycles. The van der Waals surface area contributed by atoms with Crippen LogP contribution in [0.15, 0.2) is 18.6 Å². The maximum atomic E-state index is 12.7. The maximum absolute atomic E-state index is 12.7. The first-order chi connectivity index (χ1) is 13.4. The van der Waals surface area contributed by atoms with Crippen LogP contribution in [0.25, 0.3) is 22.1 Å². The highest BCUT2D eigenvalue weighted by atomic mass is 16.6. The molecule has 0 radical (unpaired) electrons. The van der Waals surface area contributed by atoms with E-state index in [9.17, 15) is 10.1 Å². The Hall–Kier alpha value is -3.08. The molecule has 146 valence electrons. The summed E-state index contributed by atoms with van der Waals surface area (Å²) in [5.74, 6) is 0.715. The molecule has 3 aromatic heterocycles. The van der Waals surface area contributed by atoms with Gasteiger partial charge in [-0.3, -0.25) is 0 Å². The van der Waals surface area contributed by atoms with Gasteiger partial charge in [-0.1, -0.05) is 0 Å². The Kier molecular flexibility index (Phi) is 4.46. The van der Waals surface area contributed by atoms with E-state index in [2.05, 4.69) is 20.9 Å². The molecule has 8 heteroatoms. The van der Waals surface area contributed by atoms with Crippen molar-refractivity contribution in [3.8, 4) is 6.07 Å². The van der Waals surface area contributed by atoms with Crippen LogP contribution in [0.1, 0.15) is 46.5 Å². The van der Waals surface area contributed by atoms with Gasteiger partial charge in [-0.25, -0.2) is 19.3 Å². The number of nitrogens with one attached hydrogen (secondary N) is 1. The predicted octanol–water partition coefficient (Wildman–Crippen LogP) is 3.97. The van der Waals surface area contributed by atoms with Gasteiger partial charge in [0.15, 0.2) is 11.5 Å². The second-order valence-corrected chi connectivity index (χ2v) is 8.17. The zero-order valence-electron chi connectivity index (χ0n) is 16.4. The number of piperidine rings is 1. The van der Waals surface area contributed by atoms with Gasteiger partial charge >= 0.3 is 6.09 Å². The molecule has 4 rings (SSSR count). The fraction of sp³-hybridized carbons (Fsp3) is 0.500. The SMILES string of the molecule is CC(C)(C)OC(=O)n1ccc2c3[nH]cnc3c(N3CCCCC3CC#N)nc21. The summed E-state index contributed by atoms with van der Waals surface area (Å²) < 4.78 is 6.97. The Bertz CT molecular complexity index is 1070. The second-order valence-electron chi connectivity index (χ2n) is 8.17. The van der Waals surface area contributed by atoms with Gasteiger partial charge < -0.3 is 14.6 Å². The Labute approximate surface area is 163 Å². The summed E-state index contributed by atoms with van der Waals surface area (Å²) in [6.45, 7) is 6.33. The summed E-state index contributed by atoms with van der Waals surface area (Å²) in [6, 6.07) is 4.24. The topological polar surface area (TPSA) is 99.8 Å². The molecule has 8 nitrogen and oxygen atoms in total. The Balaban J connectivity index is 1.86. The summed E-state index contributed by atoms with van der Waals surface area (Å²) in [6.07, 6.45) is 6.39. The van der Waals surface area contributed by atoms with Gasteiger partial charge in [-0.15, -0.1) is 0 Å². The van der Waals surface area contributed by atoms with Crippen LogP contribution in [0.5, 0.6) is 0 Å². The van der Waals surface area contributed by atoms with Gasteiger partial charge in [0.2, 0.25) is 0 Å². The number of H-pyrrole nitrogens is 1. The molecular formula is C20H24N6O2. The van der Waals surface area contributed by atoms with Crippen molar-refractivity contribution in [1.29, 1.82) is 5.26 Å². The Morgan fingerprint density at radius 2 is 2.25 bits per heavy atom. The number of aromatic nitrogens is 4. The largest absolute Gasteiger partial charge is 0.443 e. The first kappa shape index (κ1) is 18.3. The van der Waals surface area contributed by atoms with Gasteiger partial charge in [0.25, 0.3) is 0 Å². The summed E-state index contributed by atoms with van der Waals surface area (Å²) in [4.78, 5) is 27.4. The van der Waals surface area contributed by atoms with Crippen molar-refractivity contribution < 1.29 is 9.53 Å². The molecule has 0 aliphatic carbocycles. The average Bonchev–Trinajstić information content (AvgIpc) is 3.27. The zero-order valence-corrected chi connectivity index (χ0v) is 16.4. The number of hydrogen-bond donors (Lipinski definition) is 1. The Morgan fingerprint density at radius 3 is 3.00 bits per heavy atom. The van der Waals surface area contributed by atoms with Crippen molar-refractivity contribution in [2.45, 2.75) is 58.1 Å². The molecular weight excluding hydrogens is 356 g/mol. The van der Waals surface area contributed by atoms with Crippen LogP contribution < -0.4 is 4.90 Å². The normalized spacial score (nSPS) is 17.8. The molecule has 0 amide bonds. The number of pyridine rings is 1. The molecule has 28 heavy (non-hydrogen) atoms. The minimum absolute atomic E-state index is 0.105. The fourth-order valence-corrected chi connectivity index (χ4v) is 3.81. The highest BCUT2D eigenvalue weighted by Gasteiger charge is 2.28. The van der Waals surface area contributed by atoms with Crippen LogP contribution in [0, 0.1) is 11.3 Å². The van der Waals surface area contributed by atoms with E-state index in [1.54, 1.807) is 12.5 Å².